The Morgan fingerprint density at radius 3 is 2.49 bits per heavy atom. The average molecular weight is 486 g/mol. The first-order valence-corrected chi connectivity index (χ1v) is 12.5. The minimum Gasteiger partial charge on any atom is -0.391 e. The lowest BCUT2D eigenvalue weighted by atomic mass is 10.1. The maximum Gasteiger partial charge on any atom is 0.253 e. The molecule has 2 atom stereocenters. The highest BCUT2D eigenvalue weighted by Gasteiger charge is 2.27. The number of aliphatic hydroxyl groups is 1. The van der Waals surface area contributed by atoms with Gasteiger partial charge in [-0.25, -0.2) is 4.39 Å². The molecule has 2 fully saturated rings. The SMILES string of the molecule is O=C(c1ccc(F)cc1)N(CCN1CCOCC1)CC1CN(CC(O)Cc2ccccc2)CCO1. The summed E-state index contributed by atoms with van der Waals surface area (Å²) in [5.41, 5.74) is 1.59. The molecular formula is C27H36FN3O4. The van der Waals surface area contributed by atoms with E-state index in [4.69, 9.17) is 9.47 Å². The van der Waals surface area contributed by atoms with Crippen LogP contribution in [0.15, 0.2) is 54.6 Å². The van der Waals surface area contributed by atoms with Crippen molar-refractivity contribution in [3.8, 4) is 0 Å². The molecule has 2 aliphatic rings. The number of benzene rings is 2. The molecular weight excluding hydrogens is 449 g/mol. The quantitative estimate of drug-likeness (QED) is 0.555. The summed E-state index contributed by atoms with van der Waals surface area (Å²) in [4.78, 5) is 19.6. The lowest BCUT2D eigenvalue weighted by molar-refractivity contribution is -0.0513. The Hall–Kier alpha value is -2.36. The monoisotopic (exact) mass is 485 g/mol. The van der Waals surface area contributed by atoms with E-state index in [1.54, 1.807) is 0 Å². The number of hydrogen-bond donors (Lipinski definition) is 1. The molecule has 35 heavy (non-hydrogen) atoms. The molecule has 7 nitrogen and oxygen atoms in total. The molecule has 1 amide bonds. The number of aliphatic hydroxyl groups excluding tert-OH is 1. The van der Waals surface area contributed by atoms with Gasteiger partial charge >= 0.3 is 0 Å². The van der Waals surface area contributed by atoms with Crippen LogP contribution in [0.4, 0.5) is 4.39 Å². The minimum absolute atomic E-state index is 0.122. The van der Waals surface area contributed by atoms with Crippen LogP contribution in [0.3, 0.4) is 0 Å². The van der Waals surface area contributed by atoms with Crippen LogP contribution in [-0.4, -0.2) is 110 Å². The molecule has 0 bridgehead atoms. The number of morpholine rings is 2. The zero-order chi connectivity index (χ0) is 24.5. The molecule has 0 saturated carbocycles. The second kappa shape index (κ2) is 13.1. The molecule has 8 heteroatoms. The van der Waals surface area contributed by atoms with Crippen molar-refractivity contribution < 1.29 is 23.8 Å². The Kier molecular flexibility index (Phi) is 9.62. The van der Waals surface area contributed by atoms with Crippen LogP contribution in [0.5, 0.6) is 0 Å². The number of halogens is 1. The van der Waals surface area contributed by atoms with E-state index in [-0.39, 0.29) is 17.8 Å². The largest absolute Gasteiger partial charge is 0.391 e. The fourth-order valence-electron chi connectivity index (χ4n) is 4.69. The van der Waals surface area contributed by atoms with Crippen LogP contribution in [0.25, 0.3) is 0 Å². The molecule has 2 aromatic carbocycles. The maximum atomic E-state index is 13.4. The van der Waals surface area contributed by atoms with Crippen LogP contribution in [-0.2, 0) is 15.9 Å². The van der Waals surface area contributed by atoms with E-state index in [1.165, 1.54) is 24.3 Å². The van der Waals surface area contributed by atoms with Crippen molar-refractivity contribution in [2.45, 2.75) is 18.6 Å². The summed E-state index contributed by atoms with van der Waals surface area (Å²) in [7, 11) is 0. The van der Waals surface area contributed by atoms with Gasteiger partial charge in [-0.15, -0.1) is 0 Å². The van der Waals surface area contributed by atoms with Crippen LogP contribution in [0.2, 0.25) is 0 Å². The van der Waals surface area contributed by atoms with E-state index in [0.717, 1.165) is 31.7 Å². The third-order valence-corrected chi connectivity index (χ3v) is 6.60. The second-order valence-corrected chi connectivity index (χ2v) is 9.31. The van der Waals surface area contributed by atoms with Gasteiger partial charge in [0.2, 0.25) is 0 Å². The number of β-amino-alcohol motifs (C(OH)–C–C–N with tert-alkyl or cyclic N) is 1. The molecule has 2 aromatic rings. The smallest absolute Gasteiger partial charge is 0.253 e. The van der Waals surface area contributed by atoms with Crippen molar-refractivity contribution in [1.29, 1.82) is 0 Å². The summed E-state index contributed by atoms with van der Waals surface area (Å²) in [6.45, 7) is 7.41. The number of carbonyl (C=O) groups is 1. The zero-order valence-electron chi connectivity index (χ0n) is 20.2. The van der Waals surface area contributed by atoms with E-state index in [1.807, 2.05) is 35.2 Å². The summed E-state index contributed by atoms with van der Waals surface area (Å²) in [6, 6.07) is 15.7. The third-order valence-electron chi connectivity index (χ3n) is 6.60. The molecule has 1 N–H and O–H groups in total. The average Bonchev–Trinajstić information content (AvgIpc) is 2.88. The highest BCUT2D eigenvalue weighted by Crippen LogP contribution is 2.14. The van der Waals surface area contributed by atoms with Gasteiger partial charge in [-0.2, -0.15) is 0 Å². The summed E-state index contributed by atoms with van der Waals surface area (Å²) in [6.07, 6.45) is -0.00592. The standard InChI is InChI=1S/C27H36FN3O4/c28-24-8-6-23(7-9-24)27(33)31(11-10-29-12-15-34-16-13-29)21-26-20-30(14-17-35-26)19-25(32)18-22-4-2-1-3-5-22/h1-9,25-26,32H,10-21H2. The Morgan fingerprint density at radius 2 is 1.74 bits per heavy atom. The number of ether oxygens (including phenoxy) is 2. The fourth-order valence-corrected chi connectivity index (χ4v) is 4.69. The van der Waals surface area contributed by atoms with Crippen LogP contribution < -0.4 is 0 Å². The first-order chi connectivity index (χ1) is 17.1. The second-order valence-electron chi connectivity index (χ2n) is 9.31. The normalized spacial score (nSPS) is 20.5. The highest BCUT2D eigenvalue weighted by atomic mass is 19.1. The lowest BCUT2D eigenvalue weighted by Gasteiger charge is -2.37. The number of rotatable bonds is 10. The van der Waals surface area contributed by atoms with Crippen molar-refractivity contribution in [3.63, 3.8) is 0 Å². The molecule has 2 heterocycles. The minimum atomic E-state index is -0.463. The third kappa shape index (κ3) is 8.08. The van der Waals surface area contributed by atoms with Gasteiger partial charge in [0, 0.05) is 57.9 Å². The van der Waals surface area contributed by atoms with Gasteiger partial charge in [-0.05, 0) is 36.2 Å². The Labute approximate surface area is 207 Å². The Bertz CT molecular complexity index is 908. The Morgan fingerprint density at radius 1 is 1.03 bits per heavy atom. The molecule has 0 spiro atoms. The number of nitrogens with zero attached hydrogens (tertiary/aromatic N) is 3. The summed E-state index contributed by atoms with van der Waals surface area (Å²) < 4.78 is 24.9. The molecule has 2 unspecified atom stereocenters. The van der Waals surface area contributed by atoms with Crippen LogP contribution in [0, 0.1) is 5.82 Å². The summed E-state index contributed by atoms with van der Waals surface area (Å²) in [5, 5.41) is 10.6. The number of carbonyl (C=O) groups excluding carboxylic acids is 1. The van der Waals surface area contributed by atoms with Crippen molar-refractivity contribution in [3.05, 3.63) is 71.5 Å². The van der Waals surface area contributed by atoms with Gasteiger partial charge in [0.15, 0.2) is 0 Å². The van der Waals surface area contributed by atoms with Crippen molar-refractivity contribution in [2.75, 3.05) is 72.2 Å². The van der Waals surface area contributed by atoms with Crippen molar-refractivity contribution in [2.24, 2.45) is 0 Å². The highest BCUT2D eigenvalue weighted by molar-refractivity contribution is 5.94. The molecule has 2 aliphatic heterocycles. The van der Waals surface area contributed by atoms with E-state index in [2.05, 4.69) is 9.80 Å². The molecule has 4 rings (SSSR count). The molecule has 0 radical (unpaired) electrons. The van der Waals surface area contributed by atoms with Gasteiger partial charge < -0.3 is 19.5 Å². The van der Waals surface area contributed by atoms with Crippen LogP contribution >= 0.6 is 0 Å². The molecule has 0 aromatic heterocycles. The first-order valence-electron chi connectivity index (χ1n) is 12.5. The van der Waals surface area contributed by atoms with E-state index < -0.39 is 6.10 Å². The first kappa shape index (κ1) is 25.7. The van der Waals surface area contributed by atoms with E-state index in [9.17, 15) is 14.3 Å². The topological polar surface area (TPSA) is 65.5 Å². The molecule has 190 valence electrons. The van der Waals surface area contributed by atoms with E-state index >= 15 is 0 Å². The van der Waals surface area contributed by atoms with Crippen molar-refractivity contribution >= 4 is 5.91 Å². The molecule has 0 aliphatic carbocycles. The number of amides is 1. The predicted octanol–water partition coefficient (Wildman–Crippen LogP) is 1.90. The van der Waals surface area contributed by atoms with Gasteiger partial charge in [0.1, 0.15) is 5.82 Å². The summed E-state index contributed by atoms with van der Waals surface area (Å²) >= 11 is 0. The van der Waals surface area contributed by atoms with Crippen LogP contribution in [0.1, 0.15) is 15.9 Å². The van der Waals surface area contributed by atoms with E-state index in [0.29, 0.717) is 58.0 Å². The fraction of sp³-hybridized carbons (Fsp3) is 0.519. The van der Waals surface area contributed by atoms with Gasteiger partial charge in [-0.1, -0.05) is 30.3 Å². The predicted molar refractivity (Wildman–Crippen MR) is 132 cm³/mol. The maximum absolute atomic E-state index is 13.4. The van der Waals surface area contributed by atoms with Gasteiger partial charge in [-0.3, -0.25) is 14.6 Å². The lowest BCUT2D eigenvalue weighted by Crippen LogP contribution is -2.51. The molecule has 2 saturated heterocycles. The Balaban J connectivity index is 1.35. The van der Waals surface area contributed by atoms with Crippen molar-refractivity contribution in [1.82, 2.24) is 14.7 Å². The summed E-state index contributed by atoms with van der Waals surface area (Å²) in [5.74, 6) is -0.482. The zero-order valence-corrected chi connectivity index (χ0v) is 20.2. The van der Waals surface area contributed by atoms with Gasteiger partial charge in [0.05, 0.1) is 32.0 Å². The number of hydrogen-bond acceptors (Lipinski definition) is 6. The van der Waals surface area contributed by atoms with Gasteiger partial charge in [0.25, 0.3) is 5.91 Å².